The summed E-state index contributed by atoms with van der Waals surface area (Å²) in [5.74, 6) is 8.05. The quantitative estimate of drug-likeness (QED) is 0.759. The van der Waals surface area contributed by atoms with Crippen LogP contribution in [0.15, 0.2) is 17.1 Å². The number of rotatable bonds is 3. The highest BCUT2D eigenvalue weighted by atomic mass is 32.1. The van der Waals surface area contributed by atoms with E-state index in [0.29, 0.717) is 38.9 Å². The Balaban J connectivity index is 1.51. The summed E-state index contributed by atoms with van der Waals surface area (Å²) in [4.78, 5) is 18.0. The van der Waals surface area contributed by atoms with E-state index in [-0.39, 0.29) is 11.8 Å². The third-order valence-electron chi connectivity index (χ3n) is 4.98. The molecule has 0 amide bonds. The zero-order chi connectivity index (χ0) is 18.2. The van der Waals surface area contributed by atoms with Crippen LogP contribution in [0.5, 0.6) is 5.75 Å². The Morgan fingerprint density at radius 2 is 2.30 bits per heavy atom. The van der Waals surface area contributed by atoms with E-state index in [1.165, 1.54) is 12.8 Å². The minimum absolute atomic E-state index is 0.0544. The molecule has 1 aliphatic carbocycles. The lowest BCUT2D eigenvalue weighted by Gasteiger charge is -2.24. The third-order valence-corrected chi connectivity index (χ3v) is 6.13. The molecule has 0 N–H and O–H groups in total. The zero-order valence-corrected chi connectivity index (χ0v) is 15.7. The van der Waals surface area contributed by atoms with Crippen molar-refractivity contribution in [3.8, 4) is 28.2 Å². The first-order chi connectivity index (χ1) is 13.3. The van der Waals surface area contributed by atoms with Gasteiger partial charge in [0.15, 0.2) is 0 Å². The van der Waals surface area contributed by atoms with E-state index < -0.39 is 0 Å². The van der Waals surface area contributed by atoms with Gasteiger partial charge in [0.05, 0.1) is 30.4 Å². The van der Waals surface area contributed by atoms with E-state index in [1.807, 2.05) is 6.07 Å². The molecule has 0 radical (unpaired) electrons. The number of nitrogens with zero attached hydrogens (tertiary/aromatic N) is 2. The average Bonchev–Trinajstić information content (AvgIpc) is 3.46. The van der Waals surface area contributed by atoms with Gasteiger partial charge in [-0.25, -0.2) is 9.78 Å². The highest BCUT2D eigenvalue weighted by Crippen LogP contribution is 2.44. The van der Waals surface area contributed by atoms with Crippen molar-refractivity contribution >= 4 is 11.3 Å². The van der Waals surface area contributed by atoms with Crippen molar-refractivity contribution in [1.82, 2.24) is 9.55 Å². The molecule has 7 heteroatoms. The summed E-state index contributed by atoms with van der Waals surface area (Å²) in [5.41, 5.74) is 1.85. The van der Waals surface area contributed by atoms with Crippen LogP contribution in [0.25, 0.3) is 10.6 Å². The van der Waals surface area contributed by atoms with Crippen LogP contribution < -0.4 is 10.4 Å². The Kier molecular flexibility index (Phi) is 4.48. The summed E-state index contributed by atoms with van der Waals surface area (Å²) in [6.07, 6.45) is 4.64. The molecule has 2 aliphatic heterocycles. The lowest BCUT2D eigenvalue weighted by Crippen LogP contribution is -2.33. The monoisotopic (exact) mass is 384 g/mol. The summed E-state index contributed by atoms with van der Waals surface area (Å²) in [7, 11) is 0. The lowest BCUT2D eigenvalue weighted by molar-refractivity contribution is -0.101. The van der Waals surface area contributed by atoms with Crippen LogP contribution in [-0.2, 0) is 22.4 Å². The van der Waals surface area contributed by atoms with Crippen LogP contribution >= 0.6 is 11.3 Å². The summed E-state index contributed by atoms with van der Waals surface area (Å²) < 4.78 is 19.1. The molecule has 0 bridgehead atoms. The zero-order valence-electron chi connectivity index (χ0n) is 14.9. The first kappa shape index (κ1) is 17.0. The molecule has 1 saturated carbocycles. The normalized spacial score (nSPS) is 21.0. The molecule has 1 atom stereocenters. The van der Waals surface area contributed by atoms with E-state index in [1.54, 1.807) is 22.1 Å². The highest BCUT2D eigenvalue weighted by Gasteiger charge is 2.27. The van der Waals surface area contributed by atoms with E-state index in [9.17, 15) is 4.79 Å². The Hall–Kier alpha value is -2.14. The summed E-state index contributed by atoms with van der Waals surface area (Å²) in [6, 6.07) is 1.90. The molecule has 140 valence electrons. The number of aromatic nitrogens is 2. The van der Waals surface area contributed by atoms with Gasteiger partial charge < -0.3 is 14.2 Å². The molecule has 3 aliphatic rings. The summed E-state index contributed by atoms with van der Waals surface area (Å²) in [5, 5.41) is 0. The maximum Gasteiger partial charge on any atom is 0.348 e. The fraction of sp³-hybridized carbons (Fsp3) is 0.500. The number of thiophene rings is 1. The fourth-order valence-electron chi connectivity index (χ4n) is 3.40. The van der Waals surface area contributed by atoms with Gasteiger partial charge in [0, 0.05) is 24.2 Å². The van der Waals surface area contributed by atoms with Gasteiger partial charge >= 0.3 is 5.69 Å². The van der Waals surface area contributed by atoms with Gasteiger partial charge in [0.2, 0.25) is 0 Å². The van der Waals surface area contributed by atoms with Crippen molar-refractivity contribution in [2.75, 3.05) is 26.4 Å². The molecular weight excluding hydrogens is 364 g/mol. The molecule has 0 aromatic carbocycles. The van der Waals surface area contributed by atoms with Crippen LogP contribution in [0.4, 0.5) is 0 Å². The van der Waals surface area contributed by atoms with Crippen LogP contribution in [0.3, 0.4) is 0 Å². The Morgan fingerprint density at radius 3 is 3.11 bits per heavy atom. The van der Waals surface area contributed by atoms with Gasteiger partial charge in [-0.3, -0.25) is 4.57 Å². The number of ether oxygens (including phenoxy) is 3. The van der Waals surface area contributed by atoms with Crippen molar-refractivity contribution in [3.05, 3.63) is 33.2 Å². The SMILES string of the molecule is O=c1nccc2n1CCc1c-2sc(C#CC2CC2)c1OCC1COCCO1. The molecule has 0 spiro atoms. The van der Waals surface area contributed by atoms with Crippen molar-refractivity contribution in [3.63, 3.8) is 0 Å². The van der Waals surface area contributed by atoms with Crippen molar-refractivity contribution in [2.24, 2.45) is 5.92 Å². The van der Waals surface area contributed by atoms with E-state index >= 15 is 0 Å². The van der Waals surface area contributed by atoms with Crippen LogP contribution in [0.2, 0.25) is 0 Å². The molecule has 1 unspecified atom stereocenters. The summed E-state index contributed by atoms with van der Waals surface area (Å²) in [6.45, 7) is 2.86. The summed E-state index contributed by atoms with van der Waals surface area (Å²) >= 11 is 1.61. The first-order valence-electron chi connectivity index (χ1n) is 9.35. The molecular formula is C20H20N2O4S. The van der Waals surface area contributed by atoms with E-state index in [4.69, 9.17) is 14.2 Å². The average molecular weight is 384 g/mol. The van der Waals surface area contributed by atoms with Crippen molar-refractivity contribution < 1.29 is 14.2 Å². The molecule has 2 fully saturated rings. The van der Waals surface area contributed by atoms with E-state index in [2.05, 4.69) is 16.8 Å². The molecule has 2 aromatic rings. The predicted molar refractivity (Wildman–Crippen MR) is 101 cm³/mol. The second kappa shape index (κ2) is 7.12. The van der Waals surface area contributed by atoms with Crippen molar-refractivity contribution in [2.45, 2.75) is 31.9 Å². The predicted octanol–water partition coefficient (Wildman–Crippen LogP) is 2.08. The number of hydrogen-bond donors (Lipinski definition) is 0. The largest absolute Gasteiger partial charge is 0.488 e. The van der Waals surface area contributed by atoms with Crippen LogP contribution in [0.1, 0.15) is 23.3 Å². The fourth-order valence-corrected chi connectivity index (χ4v) is 4.59. The minimum Gasteiger partial charge on any atom is -0.488 e. The molecule has 4 heterocycles. The van der Waals surface area contributed by atoms with Gasteiger partial charge in [-0.2, -0.15) is 0 Å². The Bertz CT molecular complexity index is 974. The van der Waals surface area contributed by atoms with Crippen molar-refractivity contribution in [1.29, 1.82) is 0 Å². The second-order valence-electron chi connectivity index (χ2n) is 7.00. The van der Waals surface area contributed by atoms with Gasteiger partial charge in [0.1, 0.15) is 23.3 Å². The molecule has 6 nitrogen and oxygen atoms in total. The van der Waals surface area contributed by atoms with Crippen LogP contribution in [-0.4, -0.2) is 42.1 Å². The third kappa shape index (κ3) is 3.41. The molecule has 5 rings (SSSR count). The van der Waals surface area contributed by atoms with E-state index in [0.717, 1.165) is 33.2 Å². The molecule has 27 heavy (non-hydrogen) atoms. The van der Waals surface area contributed by atoms with Gasteiger partial charge in [-0.05, 0) is 25.3 Å². The first-order valence-corrected chi connectivity index (χ1v) is 10.2. The lowest BCUT2D eigenvalue weighted by atomic mass is 10.1. The number of hydrogen-bond acceptors (Lipinski definition) is 6. The topological polar surface area (TPSA) is 62.6 Å². The Labute approximate surface area is 161 Å². The molecule has 1 saturated heterocycles. The van der Waals surface area contributed by atoms with Gasteiger partial charge in [0.25, 0.3) is 0 Å². The molecule has 2 aromatic heterocycles. The van der Waals surface area contributed by atoms with Gasteiger partial charge in [-0.15, -0.1) is 11.3 Å². The van der Waals surface area contributed by atoms with Crippen LogP contribution in [0, 0.1) is 17.8 Å². The maximum atomic E-state index is 12.1. The maximum absolute atomic E-state index is 12.1. The highest BCUT2D eigenvalue weighted by molar-refractivity contribution is 7.16. The smallest absolute Gasteiger partial charge is 0.348 e. The standard InChI is InChI=1S/C20H20N2O4S/c23-20-21-7-5-16-19-15(6-8-22(16)20)18(17(27-19)4-3-13-1-2-13)26-12-14-11-24-9-10-25-14/h5,7,13-14H,1-2,6,8-12H2. The second-order valence-corrected chi connectivity index (χ2v) is 8.03. The minimum atomic E-state index is -0.201. The number of fused-ring (bicyclic) bond motifs is 3. The Morgan fingerprint density at radius 1 is 1.37 bits per heavy atom. The van der Waals surface area contributed by atoms with Gasteiger partial charge in [-0.1, -0.05) is 11.8 Å².